The summed E-state index contributed by atoms with van der Waals surface area (Å²) in [6.45, 7) is 8.01. The number of hydrogen-bond donors (Lipinski definition) is 1. The van der Waals surface area contributed by atoms with E-state index in [0.29, 0.717) is 28.3 Å². The number of anilines is 1. The van der Waals surface area contributed by atoms with Crippen molar-refractivity contribution in [3.63, 3.8) is 0 Å². The van der Waals surface area contributed by atoms with Crippen LogP contribution in [0.4, 0.5) is 5.69 Å². The molecular weight excluding hydrogens is 424 g/mol. The number of aryl methyl sites for hydroxylation is 2. The van der Waals surface area contributed by atoms with E-state index in [0.717, 1.165) is 27.8 Å². The molecule has 0 aliphatic heterocycles. The molecule has 32 heavy (non-hydrogen) atoms. The minimum atomic E-state index is -0.280. The molecule has 1 heterocycles. The summed E-state index contributed by atoms with van der Waals surface area (Å²) in [6.07, 6.45) is 0. The first-order valence-electron chi connectivity index (χ1n) is 10.5. The minimum absolute atomic E-state index is 0.144. The van der Waals surface area contributed by atoms with E-state index in [1.54, 1.807) is 0 Å². The van der Waals surface area contributed by atoms with Gasteiger partial charge < -0.3 is 14.5 Å². The van der Waals surface area contributed by atoms with Gasteiger partial charge in [-0.2, -0.15) is 0 Å². The quantitative estimate of drug-likeness (QED) is 0.348. The second kappa shape index (κ2) is 9.05. The lowest BCUT2D eigenvalue weighted by molar-refractivity contribution is -0.118. The number of ether oxygens (including phenoxy) is 1. The molecule has 3 aromatic carbocycles. The van der Waals surface area contributed by atoms with Crippen LogP contribution in [0, 0.1) is 13.8 Å². The van der Waals surface area contributed by atoms with Gasteiger partial charge in [-0.15, -0.1) is 0 Å². The van der Waals surface area contributed by atoms with Crippen molar-refractivity contribution in [3.8, 4) is 17.2 Å². The highest BCUT2D eigenvalue weighted by Crippen LogP contribution is 2.30. The maximum absolute atomic E-state index is 12.4. The van der Waals surface area contributed by atoms with Gasteiger partial charge in [0.05, 0.1) is 5.02 Å². The number of hydrogen-bond acceptors (Lipinski definition) is 4. The van der Waals surface area contributed by atoms with Crippen LogP contribution in [-0.2, 0) is 4.79 Å². The molecule has 0 atom stereocenters. The zero-order valence-corrected chi connectivity index (χ0v) is 19.3. The summed E-state index contributed by atoms with van der Waals surface area (Å²) in [7, 11) is 0. The number of oxazole rings is 1. The van der Waals surface area contributed by atoms with Crippen molar-refractivity contribution in [2.75, 3.05) is 11.9 Å². The third kappa shape index (κ3) is 4.78. The maximum atomic E-state index is 12.4. The number of nitrogens with one attached hydrogen (secondary N) is 1. The Bertz CT molecular complexity index is 1270. The number of aromatic nitrogens is 1. The molecule has 0 aliphatic carbocycles. The number of carbonyl (C=O) groups excluding carboxylic acids is 1. The van der Waals surface area contributed by atoms with Gasteiger partial charge in [-0.05, 0) is 72.9 Å². The van der Waals surface area contributed by atoms with Crippen LogP contribution in [0.1, 0.15) is 36.5 Å². The molecular formula is C26H25ClN2O3. The largest absolute Gasteiger partial charge is 0.482 e. The number of nitrogens with zero attached hydrogens (tertiary/aromatic N) is 1. The van der Waals surface area contributed by atoms with E-state index in [1.165, 1.54) is 5.56 Å². The Morgan fingerprint density at radius 1 is 1.12 bits per heavy atom. The molecule has 0 bridgehead atoms. The lowest BCUT2D eigenvalue weighted by Crippen LogP contribution is -2.20. The van der Waals surface area contributed by atoms with Gasteiger partial charge in [0.15, 0.2) is 12.2 Å². The molecule has 0 unspecified atom stereocenters. The molecule has 164 valence electrons. The van der Waals surface area contributed by atoms with Crippen LogP contribution in [-0.4, -0.2) is 17.5 Å². The van der Waals surface area contributed by atoms with Gasteiger partial charge in [-0.25, -0.2) is 4.98 Å². The molecule has 6 heteroatoms. The first kappa shape index (κ1) is 21.9. The minimum Gasteiger partial charge on any atom is -0.482 e. The molecule has 0 spiro atoms. The van der Waals surface area contributed by atoms with Gasteiger partial charge in [-0.3, -0.25) is 4.79 Å². The zero-order chi connectivity index (χ0) is 22.8. The summed E-state index contributed by atoms with van der Waals surface area (Å²) in [5, 5.41) is 3.35. The van der Waals surface area contributed by atoms with Crippen molar-refractivity contribution >= 4 is 34.3 Å². The van der Waals surface area contributed by atoms with Crippen molar-refractivity contribution in [1.29, 1.82) is 0 Å². The van der Waals surface area contributed by atoms with Crippen molar-refractivity contribution < 1.29 is 13.9 Å². The van der Waals surface area contributed by atoms with Crippen molar-refractivity contribution in [2.45, 2.75) is 33.6 Å². The molecule has 1 N–H and O–H groups in total. The molecule has 0 saturated heterocycles. The molecule has 0 saturated carbocycles. The normalized spacial score (nSPS) is 11.2. The molecule has 0 fully saturated rings. The van der Waals surface area contributed by atoms with Crippen LogP contribution in [0.5, 0.6) is 5.75 Å². The SMILES string of the molecule is Cc1cc(C)c(OCC(=O)Nc2cccc(-c3nc4cc(C(C)C)ccc4o3)c2)c(Cl)c1. The molecule has 4 aromatic rings. The fourth-order valence-electron chi connectivity index (χ4n) is 3.58. The second-order valence-electron chi connectivity index (χ2n) is 8.21. The highest BCUT2D eigenvalue weighted by molar-refractivity contribution is 6.32. The highest BCUT2D eigenvalue weighted by Gasteiger charge is 2.13. The standard InChI is InChI=1S/C26H25ClN2O3/c1-15(2)18-8-9-23-22(13-18)29-26(32-23)19-6-5-7-20(12-19)28-24(30)14-31-25-17(4)10-16(3)11-21(25)27/h5-13,15H,14H2,1-4H3,(H,28,30). The first-order chi connectivity index (χ1) is 15.3. The number of halogens is 1. The van der Waals surface area contributed by atoms with E-state index in [-0.39, 0.29) is 12.5 Å². The Balaban J connectivity index is 1.47. The number of benzene rings is 3. The third-order valence-corrected chi connectivity index (χ3v) is 5.47. The van der Waals surface area contributed by atoms with E-state index in [2.05, 4.69) is 30.2 Å². The van der Waals surface area contributed by atoms with Crippen LogP contribution in [0.25, 0.3) is 22.6 Å². The summed E-state index contributed by atoms with van der Waals surface area (Å²) in [6, 6.07) is 17.2. The second-order valence-corrected chi connectivity index (χ2v) is 8.62. The van der Waals surface area contributed by atoms with Gasteiger partial charge in [0.2, 0.25) is 5.89 Å². The van der Waals surface area contributed by atoms with E-state index < -0.39 is 0 Å². The lowest BCUT2D eigenvalue weighted by Gasteiger charge is -2.12. The van der Waals surface area contributed by atoms with Crippen molar-refractivity contribution in [1.82, 2.24) is 4.98 Å². The molecule has 0 aliphatic rings. The van der Waals surface area contributed by atoms with Crippen LogP contribution >= 0.6 is 11.6 Å². The lowest BCUT2D eigenvalue weighted by atomic mass is 10.0. The average molecular weight is 449 g/mol. The Morgan fingerprint density at radius 3 is 2.69 bits per heavy atom. The fourth-order valence-corrected chi connectivity index (χ4v) is 3.95. The number of fused-ring (bicyclic) bond motifs is 1. The van der Waals surface area contributed by atoms with Crippen molar-refractivity contribution in [3.05, 3.63) is 76.3 Å². The van der Waals surface area contributed by atoms with E-state index >= 15 is 0 Å². The topological polar surface area (TPSA) is 64.4 Å². The van der Waals surface area contributed by atoms with E-state index in [9.17, 15) is 4.79 Å². The van der Waals surface area contributed by atoms with Crippen LogP contribution in [0.3, 0.4) is 0 Å². The summed E-state index contributed by atoms with van der Waals surface area (Å²) >= 11 is 6.25. The number of rotatable bonds is 6. The molecule has 0 radical (unpaired) electrons. The highest BCUT2D eigenvalue weighted by atomic mass is 35.5. The van der Waals surface area contributed by atoms with Gasteiger partial charge >= 0.3 is 0 Å². The Kier molecular flexibility index (Phi) is 6.19. The Hall–Kier alpha value is -3.31. The molecule has 1 aromatic heterocycles. The molecule has 4 rings (SSSR count). The van der Waals surface area contributed by atoms with Crippen LogP contribution < -0.4 is 10.1 Å². The maximum Gasteiger partial charge on any atom is 0.262 e. The predicted octanol–water partition coefficient (Wildman–Crippen LogP) is 6.91. The Morgan fingerprint density at radius 2 is 1.94 bits per heavy atom. The van der Waals surface area contributed by atoms with Crippen LogP contribution in [0.15, 0.2) is 59.0 Å². The average Bonchev–Trinajstić information content (AvgIpc) is 3.16. The monoisotopic (exact) mass is 448 g/mol. The summed E-state index contributed by atoms with van der Waals surface area (Å²) in [4.78, 5) is 17.1. The zero-order valence-electron chi connectivity index (χ0n) is 18.5. The number of amides is 1. The third-order valence-electron chi connectivity index (χ3n) is 5.19. The van der Waals surface area contributed by atoms with Crippen molar-refractivity contribution in [2.24, 2.45) is 0 Å². The summed E-state index contributed by atoms with van der Waals surface area (Å²) in [5.41, 5.74) is 6.11. The molecule has 1 amide bonds. The van der Waals surface area contributed by atoms with Gasteiger partial charge in [0, 0.05) is 11.3 Å². The van der Waals surface area contributed by atoms with Gasteiger partial charge in [0.1, 0.15) is 11.3 Å². The fraction of sp³-hybridized carbons (Fsp3) is 0.231. The van der Waals surface area contributed by atoms with Gasteiger partial charge in [-0.1, -0.05) is 43.6 Å². The van der Waals surface area contributed by atoms with Gasteiger partial charge in [0.25, 0.3) is 5.91 Å². The number of carbonyl (C=O) groups is 1. The predicted molar refractivity (Wildman–Crippen MR) is 129 cm³/mol. The molecule has 5 nitrogen and oxygen atoms in total. The smallest absolute Gasteiger partial charge is 0.262 e. The van der Waals surface area contributed by atoms with E-state index in [1.807, 2.05) is 62.4 Å². The summed E-state index contributed by atoms with van der Waals surface area (Å²) < 4.78 is 11.6. The van der Waals surface area contributed by atoms with E-state index in [4.69, 9.17) is 20.8 Å². The first-order valence-corrected chi connectivity index (χ1v) is 10.9. The Labute approximate surface area is 192 Å². The van der Waals surface area contributed by atoms with Crippen LogP contribution in [0.2, 0.25) is 5.02 Å². The summed E-state index contributed by atoms with van der Waals surface area (Å²) in [5.74, 6) is 1.17.